The number of rotatable bonds is 8. The smallest absolute Gasteiger partial charge is 0.312 e. The molecule has 1 N–H and O–H groups in total. The van der Waals surface area contributed by atoms with Gasteiger partial charge in [0.1, 0.15) is 0 Å². The van der Waals surface area contributed by atoms with Crippen molar-refractivity contribution in [3.8, 4) is 0 Å². The fraction of sp³-hybridized carbons (Fsp3) is 0.625. The van der Waals surface area contributed by atoms with Crippen LogP contribution in [0.25, 0.3) is 10.9 Å². The van der Waals surface area contributed by atoms with Gasteiger partial charge in [-0.25, -0.2) is 0 Å². The van der Waals surface area contributed by atoms with Crippen molar-refractivity contribution in [3.63, 3.8) is 0 Å². The number of hydrogen-bond acceptors (Lipinski definition) is 3. The molecule has 1 saturated heterocycles. The normalized spacial score (nSPS) is 20.9. The number of esters is 1. The molecular formula is C24H34N2O2. The van der Waals surface area contributed by atoms with E-state index < -0.39 is 0 Å². The van der Waals surface area contributed by atoms with Crippen molar-refractivity contribution in [1.82, 2.24) is 9.88 Å². The van der Waals surface area contributed by atoms with Crippen LogP contribution in [-0.4, -0.2) is 41.6 Å². The third kappa shape index (κ3) is 4.12. The minimum Gasteiger partial charge on any atom is -0.466 e. The van der Waals surface area contributed by atoms with Gasteiger partial charge in [-0.3, -0.25) is 4.79 Å². The van der Waals surface area contributed by atoms with Crippen molar-refractivity contribution in [1.29, 1.82) is 0 Å². The van der Waals surface area contributed by atoms with Crippen LogP contribution < -0.4 is 0 Å². The SMILES string of the molecule is CCOC(=O)C1(CC2CC2)CCN([C@H](C)CCc2c[nH]c3ccccc23)CC1. The molecule has 1 aliphatic carbocycles. The summed E-state index contributed by atoms with van der Waals surface area (Å²) < 4.78 is 5.49. The molecule has 152 valence electrons. The summed E-state index contributed by atoms with van der Waals surface area (Å²) in [5.74, 6) is 0.822. The molecule has 2 fully saturated rings. The van der Waals surface area contributed by atoms with Crippen LogP contribution in [0.2, 0.25) is 0 Å². The quantitative estimate of drug-likeness (QED) is 0.658. The van der Waals surface area contributed by atoms with Gasteiger partial charge in [-0.2, -0.15) is 0 Å². The van der Waals surface area contributed by atoms with E-state index in [1.807, 2.05) is 6.92 Å². The standard InChI is InChI=1S/C24H34N2O2/c1-3-28-23(27)24(16-19-9-10-19)12-14-26(15-13-24)18(2)8-11-20-17-25-22-7-5-4-6-21(20)22/h4-7,17-19,25H,3,8-16H2,1-2H3/t18-/m1/s1. The summed E-state index contributed by atoms with van der Waals surface area (Å²) in [5, 5.41) is 1.35. The van der Waals surface area contributed by atoms with Crippen LogP contribution in [0.1, 0.15) is 57.9 Å². The minimum atomic E-state index is -0.218. The topological polar surface area (TPSA) is 45.3 Å². The highest BCUT2D eigenvalue weighted by Gasteiger charge is 2.46. The van der Waals surface area contributed by atoms with Crippen LogP contribution >= 0.6 is 0 Å². The molecule has 4 rings (SSSR count). The van der Waals surface area contributed by atoms with E-state index in [4.69, 9.17) is 4.74 Å². The number of aromatic nitrogens is 1. The Labute approximate surface area is 168 Å². The molecule has 1 aliphatic heterocycles. The highest BCUT2D eigenvalue weighted by molar-refractivity contribution is 5.83. The van der Waals surface area contributed by atoms with E-state index in [9.17, 15) is 4.79 Å². The van der Waals surface area contributed by atoms with E-state index in [0.717, 1.165) is 51.1 Å². The summed E-state index contributed by atoms with van der Waals surface area (Å²) in [6.45, 7) is 6.79. The molecule has 1 aromatic carbocycles. The number of fused-ring (bicyclic) bond motifs is 1. The van der Waals surface area contributed by atoms with E-state index in [1.54, 1.807) is 0 Å². The van der Waals surface area contributed by atoms with E-state index in [-0.39, 0.29) is 11.4 Å². The Balaban J connectivity index is 1.33. The maximum Gasteiger partial charge on any atom is 0.312 e. The maximum absolute atomic E-state index is 12.7. The molecule has 0 unspecified atom stereocenters. The average molecular weight is 383 g/mol. The van der Waals surface area contributed by atoms with Gasteiger partial charge < -0.3 is 14.6 Å². The van der Waals surface area contributed by atoms with Gasteiger partial charge in [-0.05, 0) is 76.6 Å². The van der Waals surface area contributed by atoms with E-state index in [0.29, 0.717) is 12.6 Å². The first-order valence-electron chi connectivity index (χ1n) is 11.1. The number of nitrogens with one attached hydrogen (secondary N) is 1. The van der Waals surface area contributed by atoms with Crippen molar-refractivity contribution in [2.75, 3.05) is 19.7 Å². The van der Waals surface area contributed by atoms with Crippen molar-refractivity contribution in [3.05, 3.63) is 36.0 Å². The number of nitrogens with zero attached hydrogens (tertiary/aromatic N) is 1. The first-order valence-corrected chi connectivity index (χ1v) is 11.1. The molecule has 0 spiro atoms. The van der Waals surface area contributed by atoms with E-state index in [1.165, 1.54) is 29.3 Å². The van der Waals surface area contributed by atoms with Crippen molar-refractivity contribution in [2.45, 2.75) is 64.8 Å². The van der Waals surface area contributed by atoms with Crippen molar-refractivity contribution >= 4 is 16.9 Å². The third-order valence-corrected chi connectivity index (χ3v) is 6.97. The number of ether oxygens (including phenoxy) is 1. The van der Waals surface area contributed by atoms with Gasteiger partial charge in [-0.1, -0.05) is 31.0 Å². The number of aryl methyl sites for hydroxylation is 1. The van der Waals surface area contributed by atoms with Crippen LogP contribution in [0.15, 0.2) is 30.5 Å². The Kier molecular flexibility index (Phi) is 5.77. The van der Waals surface area contributed by atoms with Gasteiger partial charge in [-0.15, -0.1) is 0 Å². The molecule has 0 radical (unpaired) electrons. The minimum absolute atomic E-state index is 0.0630. The van der Waals surface area contributed by atoms with Gasteiger partial charge in [0.15, 0.2) is 0 Å². The van der Waals surface area contributed by atoms with E-state index in [2.05, 4.69) is 47.3 Å². The second-order valence-corrected chi connectivity index (χ2v) is 8.93. The second-order valence-electron chi connectivity index (χ2n) is 8.93. The lowest BCUT2D eigenvalue weighted by molar-refractivity contribution is -0.160. The first-order chi connectivity index (χ1) is 13.6. The highest BCUT2D eigenvalue weighted by Crippen LogP contribution is 2.46. The largest absolute Gasteiger partial charge is 0.466 e. The van der Waals surface area contributed by atoms with Crippen molar-refractivity contribution in [2.24, 2.45) is 11.3 Å². The zero-order valence-corrected chi connectivity index (χ0v) is 17.4. The first kappa shape index (κ1) is 19.5. The van der Waals surface area contributed by atoms with Crippen molar-refractivity contribution < 1.29 is 9.53 Å². The molecule has 4 nitrogen and oxygen atoms in total. The number of aromatic amines is 1. The molecule has 2 aromatic rings. The summed E-state index contributed by atoms with van der Waals surface area (Å²) in [7, 11) is 0. The highest BCUT2D eigenvalue weighted by atomic mass is 16.5. The fourth-order valence-corrected chi connectivity index (χ4v) is 4.93. The molecule has 1 aromatic heterocycles. The lowest BCUT2D eigenvalue weighted by Crippen LogP contribution is -2.48. The summed E-state index contributed by atoms with van der Waals surface area (Å²) >= 11 is 0. The molecule has 4 heteroatoms. The summed E-state index contributed by atoms with van der Waals surface area (Å²) in [4.78, 5) is 18.7. The number of likely N-dealkylation sites (tertiary alicyclic amines) is 1. The number of carbonyl (C=O) groups is 1. The van der Waals surface area contributed by atoms with Gasteiger partial charge in [0.25, 0.3) is 0 Å². The van der Waals surface area contributed by atoms with Gasteiger partial charge in [0.2, 0.25) is 0 Å². The number of hydrogen-bond donors (Lipinski definition) is 1. The molecule has 1 atom stereocenters. The maximum atomic E-state index is 12.7. The number of carbonyl (C=O) groups excluding carboxylic acids is 1. The number of piperidine rings is 1. The van der Waals surface area contributed by atoms with Gasteiger partial charge in [0, 0.05) is 23.1 Å². The molecular weight excluding hydrogens is 348 g/mol. The predicted octanol–water partition coefficient (Wildman–Crippen LogP) is 4.93. The third-order valence-electron chi connectivity index (χ3n) is 6.97. The lowest BCUT2D eigenvalue weighted by atomic mass is 9.74. The Morgan fingerprint density at radius 2 is 2.04 bits per heavy atom. The molecule has 2 aliphatic rings. The summed E-state index contributed by atoms with van der Waals surface area (Å²) in [5.41, 5.74) is 2.42. The van der Waals surface area contributed by atoms with Crippen LogP contribution in [0.3, 0.4) is 0 Å². The number of benzene rings is 1. The van der Waals surface area contributed by atoms with Gasteiger partial charge >= 0.3 is 5.97 Å². The van der Waals surface area contributed by atoms with E-state index >= 15 is 0 Å². The Morgan fingerprint density at radius 3 is 2.75 bits per heavy atom. The Hall–Kier alpha value is -1.81. The summed E-state index contributed by atoms with van der Waals surface area (Å²) in [6, 6.07) is 9.08. The molecule has 0 amide bonds. The Morgan fingerprint density at radius 1 is 1.29 bits per heavy atom. The van der Waals surface area contributed by atoms with Crippen LogP contribution in [-0.2, 0) is 16.0 Å². The number of para-hydroxylation sites is 1. The monoisotopic (exact) mass is 382 g/mol. The lowest BCUT2D eigenvalue weighted by Gasteiger charge is -2.42. The van der Waals surface area contributed by atoms with Crippen LogP contribution in [0, 0.1) is 11.3 Å². The number of H-pyrrole nitrogens is 1. The fourth-order valence-electron chi connectivity index (χ4n) is 4.93. The molecule has 1 saturated carbocycles. The van der Waals surface area contributed by atoms with Crippen LogP contribution in [0.5, 0.6) is 0 Å². The Bertz CT molecular complexity index is 800. The zero-order valence-electron chi connectivity index (χ0n) is 17.4. The predicted molar refractivity (Wildman–Crippen MR) is 113 cm³/mol. The molecule has 28 heavy (non-hydrogen) atoms. The second kappa shape index (κ2) is 8.28. The van der Waals surface area contributed by atoms with Crippen LogP contribution in [0.4, 0.5) is 0 Å². The zero-order chi connectivity index (χ0) is 19.6. The molecule has 2 heterocycles. The van der Waals surface area contributed by atoms with Gasteiger partial charge in [0.05, 0.1) is 12.0 Å². The average Bonchev–Trinajstić information content (AvgIpc) is 3.43. The molecule has 0 bridgehead atoms. The summed E-state index contributed by atoms with van der Waals surface area (Å²) in [6.07, 6.45) is 9.96.